The Hall–Kier alpha value is -11.5. The number of hydrogen-bond donors (Lipinski definition) is 0. The van der Waals surface area contributed by atoms with Crippen LogP contribution in [0, 0.1) is 45.8 Å². The second-order valence-corrected chi connectivity index (χ2v) is 44.8. The summed E-state index contributed by atoms with van der Waals surface area (Å²) in [5, 5.41) is 0. The molecule has 0 spiro atoms. The molecule has 0 atom stereocenters. The molecule has 16 aliphatic rings. The van der Waals surface area contributed by atoms with Gasteiger partial charge in [-0.05, 0) is 328 Å². The molecule has 642 valence electrons. The molecule has 129 heavy (non-hydrogen) atoms. The van der Waals surface area contributed by atoms with Crippen LogP contribution in [-0.4, -0.2) is 0 Å². The minimum atomic E-state index is -0.00782. The Morgan fingerprint density at radius 2 is 0.411 bits per heavy atom. The molecule has 0 unspecified atom stereocenters. The lowest BCUT2D eigenvalue weighted by atomic mass is 9.32. The topological polar surface area (TPSA) is 0 Å². The first-order valence-corrected chi connectivity index (χ1v) is 48.8. The van der Waals surface area contributed by atoms with Gasteiger partial charge in [0.2, 0.25) is 0 Å². The zero-order valence-electron chi connectivity index (χ0n) is 76.0. The van der Waals surface area contributed by atoms with Crippen LogP contribution in [0.5, 0.6) is 0 Å². The van der Waals surface area contributed by atoms with E-state index >= 15 is 0 Å². The van der Waals surface area contributed by atoms with Crippen LogP contribution in [0.1, 0.15) is 246 Å². The van der Waals surface area contributed by atoms with E-state index in [4.69, 9.17) is 6.42 Å². The molecule has 0 aliphatic heterocycles. The lowest BCUT2D eigenvalue weighted by Crippen LogP contribution is -2.65. The SMILES string of the molecule is C#CCC12CC3(c4ccccc4)CC(c4ccccc4)(C1)CC(c1ccccc1)(C2)C3.C(#CC12CC3(c4ccccc4)CC(c4ccccc4)(C1)CC(c1ccccc1)(C2)C3)c1ccccc1.C=C(C)C12CC3(c4ccccc4)CC(c4ccccc4)(C1)CC(c1ccccc1)(C2)C3.C=CCC12CC3(c4ccccc4)CC(c4ccccc4)(C1)CC(c1ccccc1)(C2)C3. The van der Waals surface area contributed by atoms with Crippen LogP contribution in [0.25, 0.3) is 0 Å². The van der Waals surface area contributed by atoms with Gasteiger partial charge >= 0.3 is 0 Å². The summed E-state index contributed by atoms with van der Waals surface area (Å²) < 4.78 is 0. The molecule has 13 aromatic carbocycles. The quantitative estimate of drug-likeness (QED) is 0.0668. The smallest absolute Gasteiger partial charge is 0.0343 e. The molecule has 29 rings (SSSR count). The van der Waals surface area contributed by atoms with Crippen LogP contribution in [0.3, 0.4) is 0 Å². The van der Waals surface area contributed by atoms with Crippen molar-refractivity contribution < 1.29 is 0 Å². The third-order valence-corrected chi connectivity index (χ3v) is 36.3. The highest BCUT2D eigenvalue weighted by Gasteiger charge is 2.74. The van der Waals surface area contributed by atoms with E-state index in [2.05, 4.69) is 438 Å². The molecule has 0 heterocycles. The second-order valence-electron chi connectivity index (χ2n) is 44.8. The molecule has 0 aromatic heterocycles. The summed E-state index contributed by atoms with van der Waals surface area (Å²) >= 11 is 0. The Morgan fingerprint density at radius 3 is 0.589 bits per heavy atom. The fourth-order valence-corrected chi connectivity index (χ4v) is 34.4. The van der Waals surface area contributed by atoms with Crippen molar-refractivity contribution in [1.82, 2.24) is 0 Å². The van der Waals surface area contributed by atoms with Crippen molar-refractivity contribution in [3.05, 3.63) is 491 Å². The molecular weight excluding hydrogens is 1550 g/mol. The Labute approximate surface area is 770 Å². The maximum absolute atomic E-state index is 6.05. The van der Waals surface area contributed by atoms with Crippen molar-refractivity contribution in [3.63, 3.8) is 0 Å². The summed E-state index contributed by atoms with van der Waals surface area (Å²) in [4.78, 5) is 0. The predicted molar refractivity (Wildman–Crippen MR) is 534 cm³/mol. The summed E-state index contributed by atoms with van der Waals surface area (Å²) in [5.74, 6) is 10.8. The number of rotatable bonds is 16. The van der Waals surface area contributed by atoms with Gasteiger partial charge in [0.05, 0.1) is 0 Å². The van der Waals surface area contributed by atoms with Gasteiger partial charge in [-0.25, -0.2) is 0 Å². The van der Waals surface area contributed by atoms with Crippen LogP contribution in [0.15, 0.2) is 419 Å². The molecule has 0 N–H and O–H groups in total. The first-order valence-electron chi connectivity index (χ1n) is 48.8. The van der Waals surface area contributed by atoms with Crippen molar-refractivity contribution in [2.45, 2.75) is 239 Å². The van der Waals surface area contributed by atoms with Crippen LogP contribution in [0.4, 0.5) is 0 Å². The Morgan fingerprint density at radius 1 is 0.240 bits per heavy atom. The molecule has 0 amide bonds. The third-order valence-electron chi connectivity index (χ3n) is 36.3. The maximum Gasteiger partial charge on any atom is 0.0343 e. The molecule has 16 bridgehead atoms. The first-order chi connectivity index (χ1) is 62.9. The molecule has 16 aliphatic carbocycles. The minimum absolute atomic E-state index is 0.00782. The van der Waals surface area contributed by atoms with Crippen molar-refractivity contribution in [2.24, 2.45) is 21.7 Å². The van der Waals surface area contributed by atoms with Crippen LogP contribution < -0.4 is 0 Å². The monoisotopic (exact) mass is 1670 g/mol. The molecule has 16 fully saturated rings. The van der Waals surface area contributed by atoms with Gasteiger partial charge in [-0.3, -0.25) is 0 Å². The normalized spacial score (nSPS) is 34.7. The van der Waals surface area contributed by atoms with E-state index in [1.807, 2.05) is 0 Å². The Bertz CT molecular complexity index is 5710. The standard InChI is InChI=1S/C36H32.2C31H32.C31H30/c1-5-13-29(14-6-1)21-22-33-23-34(30-15-7-2-8-16-30)26-35(24-33,31-17-9-3-10-18-31)28-36(25-33,27-34)32-19-11-4-12-20-32;1-24(2)28-18-29(25-12-6-3-7-13-25)21-30(19-28,26-14-8-4-9-15-26)23-31(20-28,22-29)27-16-10-5-11-17-27;2*1-2-18-28-19-29(25-12-6-3-7-13-25)22-30(20-28,26-14-8-4-9-15-26)24-31(21-28,23-29)27-16-10-5-11-17-27/h1-20H,23-28H2;3-17H,1,18-23H2,2H3;2-17H,1,18-24H2;1,3-17H,18-24H2. The van der Waals surface area contributed by atoms with Gasteiger partial charge < -0.3 is 0 Å². The summed E-state index contributed by atoms with van der Waals surface area (Å²) in [6.45, 7) is 11.2. The molecule has 16 saturated carbocycles. The van der Waals surface area contributed by atoms with Crippen LogP contribution >= 0.6 is 0 Å². The fraction of sp³-hybridized carbons (Fsp3) is 0.333. The third kappa shape index (κ3) is 14.1. The van der Waals surface area contributed by atoms with Crippen molar-refractivity contribution in [3.8, 4) is 24.2 Å². The predicted octanol–water partition coefficient (Wildman–Crippen LogP) is 30.9. The van der Waals surface area contributed by atoms with Gasteiger partial charge in [0.15, 0.2) is 0 Å². The van der Waals surface area contributed by atoms with Gasteiger partial charge in [-0.2, -0.15) is 0 Å². The van der Waals surface area contributed by atoms with Gasteiger partial charge in [0.1, 0.15) is 0 Å². The van der Waals surface area contributed by atoms with E-state index in [0.717, 1.165) is 37.7 Å². The van der Waals surface area contributed by atoms with Gasteiger partial charge in [0, 0.05) is 17.4 Å². The van der Waals surface area contributed by atoms with Gasteiger partial charge in [-0.15, -0.1) is 18.9 Å². The zero-order valence-corrected chi connectivity index (χ0v) is 76.0. The van der Waals surface area contributed by atoms with E-state index in [1.165, 1.54) is 174 Å². The average molecular weight is 1680 g/mol. The van der Waals surface area contributed by atoms with Crippen molar-refractivity contribution in [1.29, 1.82) is 0 Å². The van der Waals surface area contributed by atoms with Gasteiger partial charge in [-0.1, -0.05) is 412 Å². The minimum Gasteiger partial charge on any atom is -0.120 e. The highest BCUT2D eigenvalue weighted by Crippen LogP contribution is 2.80. The maximum atomic E-state index is 6.05. The van der Waals surface area contributed by atoms with E-state index in [-0.39, 0.29) is 81.2 Å². The lowest BCUT2D eigenvalue weighted by molar-refractivity contribution is -0.106. The lowest BCUT2D eigenvalue weighted by Gasteiger charge is -2.71. The summed E-state index contributed by atoms with van der Waals surface area (Å²) in [7, 11) is 0. The first kappa shape index (κ1) is 83.1. The zero-order chi connectivity index (χ0) is 87.3. The second kappa shape index (κ2) is 31.7. The number of terminal acetylenes is 1. The van der Waals surface area contributed by atoms with E-state index < -0.39 is 0 Å². The van der Waals surface area contributed by atoms with E-state index in [9.17, 15) is 0 Å². The number of benzene rings is 13. The summed E-state index contributed by atoms with van der Waals surface area (Å²) in [6.07, 6.45) is 40.1. The fourth-order valence-electron chi connectivity index (χ4n) is 34.4. The van der Waals surface area contributed by atoms with E-state index in [1.54, 1.807) is 33.4 Å². The van der Waals surface area contributed by atoms with Crippen LogP contribution in [0.2, 0.25) is 0 Å². The van der Waals surface area contributed by atoms with Crippen LogP contribution in [-0.2, 0) is 65.0 Å². The van der Waals surface area contributed by atoms with Crippen molar-refractivity contribution in [2.75, 3.05) is 0 Å². The van der Waals surface area contributed by atoms with Gasteiger partial charge in [0.25, 0.3) is 0 Å². The molecule has 0 nitrogen and oxygen atoms in total. The molecule has 0 radical (unpaired) electrons. The highest BCUT2D eigenvalue weighted by atomic mass is 14.8. The average Bonchev–Trinajstić information content (AvgIpc) is 0.679. The number of hydrogen-bond acceptors (Lipinski definition) is 0. The largest absolute Gasteiger partial charge is 0.120 e. The number of allylic oxidation sites excluding steroid dienone is 2. The highest BCUT2D eigenvalue weighted by molar-refractivity contribution is 5.54. The molecule has 0 saturated heterocycles. The summed E-state index contributed by atoms with van der Waals surface area (Å²) in [5.41, 5.74) is 24.0. The van der Waals surface area contributed by atoms with Crippen molar-refractivity contribution >= 4 is 0 Å². The Balaban J connectivity index is 0.000000101. The van der Waals surface area contributed by atoms with E-state index in [0.29, 0.717) is 5.41 Å². The molecule has 0 heteroatoms. The summed E-state index contributed by atoms with van der Waals surface area (Å²) in [6, 6.07) is 148. The molecular formula is C129H126. The molecule has 13 aromatic rings. The Kier molecular flexibility index (Phi) is 20.4.